The number of carboxylic acid groups (broad SMARTS) is 1. The summed E-state index contributed by atoms with van der Waals surface area (Å²) in [7, 11) is 0. The number of aryl methyl sites for hydroxylation is 1. The molecule has 0 aliphatic rings. The molecule has 0 heterocycles. The Morgan fingerprint density at radius 1 is 1.33 bits per heavy atom. The van der Waals surface area contributed by atoms with Gasteiger partial charge in [0.2, 0.25) is 0 Å². The third-order valence-corrected chi connectivity index (χ3v) is 2.40. The van der Waals surface area contributed by atoms with Crippen molar-refractivity contribution in [2.24, 2.45) is 0 Å². The Hall–Kier alpha value is -2.25. The molecule has 21 heavy (non-hydrogen) atoms. The topological polar surface area (TPSA) is 66.8 Å². The van der Waals surface area contributed by atoms with Crippen LogP contribution in [0.15, 0.2) is 24.3 Å². The van der Waals surface area contributed by atoms with Crippen LogP contribution in [0.25, 0.3) is 0 Å². The molecule has 0 fully saturated rings. The Bertz CT molecular complexity index is 516. The van der Waals surface area contributed by atoms with E-state index in [9.17, 15) is 22.8 Å². The predicted octanol–water partition coefficient (Wildman–Crippen LogP) is 1.85. The highest BCUT2D eigenvalue weighted by molar-refractivity contribution is 5.82. The van der Waals surface area contributed by atoms with Crippen molar-refractivity contribution in [2.75, 3.05) is 19.7 Å². The number of nitrogens with zero attached hydrogens (tertiary/aromatic N) is 1. The summed E-state index contributed by atoms with van der Waals surface area (Å²) in [6.07, 6.45) is -4.67. The van der Waals surface area contributed by atoms with E-state index in [0.29, 0.717) is 5.75 Å². The number of rotatable bonds is 6. The van der Waals surface area contributed by atoms with Crippen LogP contribution in [0.5, 0.6) is 5.75 Å². The van der Waals surface area contributed by atoms with Gasteiger partial charge in [0.05, 0.1) is 0 Å². The lowest BCUT2D eigenvalue weighted by Crippen LogP contribution is -2.44. The highest BCUT2D eigenvalue weighted by atomic mass is 19.4. The lowest BCUT2D eigenvalue weighted by Gasteiger charge is -2.22. The molecular weight excluding hydrogens is 291 g/mol. The van der Waals surface area contributed by atoms with Crippen molar-refractivity contribution < 1.29 is 32.6 Å². The number of halogens is 3. The fraction of sp³-hybridized carbons (Fsp3) is 0.385. The number of ether oxygens (including phenoxy) is 1. The van der Waals surface area contributed by atoms with Crippen LogP contribution < -0.4 is 4.74 Å². The van der Waals surface area contributed by atoms with Crippen molar-refractivity contribution in [2.45, 2.75) is 13.1 Å². The van der Waals surface area contributed by atoms with Crippen LogP contribution in [-0.4, -0.2) is 47.8 Å². The number of hydrogen-bond acceptors (Lipinski definition) is 3. The van der Waals surface area contributed by atoms with E-state index in [1.165, 1.54) is 0 Å². The first-order valence-corrected chi connectivity index (χ1v) is 5.93. The number of carbonyl (C=O) groups is 2. The second kappa shape index (κ2) is 6.96. The zero-order valence-electron chi connectivity index (χ0n) is 11.2. The van der Waals surface area contributed by atoms with Crippen molar-refractivity contribution in [1.82, 2.24) is 4.90 Å². The highest BCUT2D eigenvalue weighted by Gasteiger charge is 2.34. The first-order chi connectivity index (χ1) is 9.67. The minimum absolute atomic E-state index is 0.193. The lowest BCUT2D eigenvalue weighted by atomic mass is 10.2. The fourth-order valence-electron chi connectivity index (χ4n) is 1.55. The molecule has 8 heteroatoms. The number of amides is 1. The van der Waals surface area contributed by atoms with Crippen molar-refractivity contribution in [1.29, 1.82) is 0 Å². The molecule has 0 unspecified atom stereocenters. The molecule has 1 aromatic carbocycles. The van der Waals surface area contributed by atoms with Gasteiger partial charge in [0.1, 0.15) is 18.8 Å². The molecule has 0 spiro atoms. The first-order valence-electron chi connectivity index (χ1n) is 5.93. The number of aliphatic carboxylic acids is 1. The summed E-state index contributed by atoms with van der Waals surface area (Å²) in [5.41, 5.74) is 0.859. The van der Waals surface area contributed by atoms with Gasteiger partial charge in [0.15, 0.2) is 6.61 Å². The van der Waals surface area contributed by atoms with Crippen molar-refractivity contribution >= 4 is 11.9 Å². The van der Waals surface area contributed by atoms with Crippen LogP contribution >= 0.6 is 0 Å². The number of hydrogen-bond donors (Lipinski definition) is 1. The molecule has 1 amide bonds. The average molecular weight is 305 g/mol. The molecule has 1 rings (SSSR count). The van der Waals surface area contributed by atoms with Crippen LogP contribution in [0.2, 0.25) is 0 Å². The Labute approximate surface area is 118 Å². The van der Waals surface area contributed by atoms with Gasteiger partial charge in [0.25, 0.3) is 5.91 Å². The molecule has 116 valence electrons. The van der Waals surface area contributed by atoms with Crippen LogP contribution in [0.3, 0.4) is 0 Å². The molecule has 1 N–H and O–H groups in total. The summed E-state index contributed by atoms with van der Waals surface area (Å²) in [5, 5.41) is 8.55. The standard InChI is InChI=1S/C13H14F3NO4/c1-9-3-2-4-10(5-9)21-7-11(18)17(6-12(19)20)8-13(14,15)16/h2-5H,6-8H2,1H3,(H,19,20). The van der Waals surface area contributed by atoms with Gasteiger partial charge >= 0.3 is 12.1 Å². The number of carbonyl (C=O) groups excluding carboxylic acids is 1. The molecule has 1 aromatic rings. The summed E-state index contributed by atoms with van der Waals surface area (Å²) in [6.45, 7) is -1.54. The largest absolute Gasteiger partial charge is 0.484 e. The second-order valence-electron chi connectivity index (χ2n) is 4.36. The van der Waals surface area contributed by atoms with Crippen molar-refractivity contribution in [3.8, 4) is 5.75 Å². The van der Waals surface area contributed by atoms with Crippen molar-refractivity contribution in [3.05, 3.63) is 29.8 Å². The zero-order valence-corrected chi connectivity index (χ0v) is 11.2. The fourth-order valence-corrected chi connectivity index (χ4v) is 1.55. The van der Waals surface area contributed by atoms with Crippen LogP contribution in [0.1, 0.15) is 5.56 Å². The molecule has 0 aromatic heterocycles. The first kappa shape index (κ1) is 16.8. The van der Waals surface area contributed by atoms with Crippen LogP contribution in [0, 0.1) is 6.92 Å². The molecule has 0 aliphatic heterocycles. The van der Waals surface area contributed by atoms with Gasteiger partial charge in [-0.25, -0.2) is 0 Å². The Morgan fingerprint density at radius 3 is 2.52 bits per heavy atom. The summed E-state index contributed by atoms with van der Waals surface area (Å²) in [4.78, 5) is 22.4. The molecule has 5 nitrogen and oxygen atoms in total. The predicted molar refractivity (Wildman–Crippen MR) is 66.9 cm³/mol. The van der Waals surface area contributed by atoms with Gasteiger partial charge in [-0.3, -0.25) is 9.59 Å². The van der Waals surface area contributed by atoms with E-state index < -0.39 is 37.7 Å². The molecule has 0 saturated heterocycles. The number of carboxylic acids is 1. The smallest absolute Gasteiger partial charge is 0.406 e. The molecule has 0 saturated carbocycles. The summed E-state index contributed by atoms with van der Waals surface area (Å²) in [5.74, 6) is -2.25. The third-order valence-electron chi connectivity index (χ3n) is 2.40. The van der Waals surface area contributed by atoms with Gasteiger partial charge in [-0.15, -0.1) is 0 Å². The molecular formula is C13H14F3NO4. The normalized spacial score (nSPS) is 11.0. The van der Waals surface area contributed by atoms with E-state index >= 15 is 0 Å². The second-order valence-corrected chi connectivity index (χ2v) is 4.36. The third kappa shape index (κ3) is 6.64. The van der Waals surface area contributed by atoms with Gasteiger partial charge in [-0.05, 0) is 24.6 Å². The van der Waals surface area contributed by atoms with E-state index in [-0.39, 0.29) is 4.90 Å². The lowest BCUT2D eigenvalue weighted by molar-refractivity contribution is -0.166. The maximum Gasteiger partial charge on any atom is 0.406 e. The maximum atomic E-state index is 12.3. The molecule has 0 bridgehead atoms. The minimum atomic E-state index is -4.67. The van der Waals surface area contributed by atoms with E-state index in [0.717, 1.165) is 5.56 Å². The van der Waals surface area contributed by atoms with Gasteiger partial charge < -0.3 is 14.7 Å². The van der Waals surface area contributed by atoms with Gasteiger partial charge in [-0.1, -0.05) is 12.1 Å². The van der Waals surface area contributed by atoms with E-state index in [2.05, 4.69) is 0 Å². The summed E-state index contributed by atoms with van der Waals surface area (Å²) < 4.78 is 42.0. The molecule has 0 radical (unpaired) electrons. The van der Waals surface area contributed by atoms with Crippen LogP contribution in [-0.2, 0) is 9.59 Å². The van der Waals surface area contributed by atoms with Crippen molar-refractivity contribution in [3.63, 3.8) is 0 Å². The molecule has 0 aliphatic carbocycles. The van der Waals surface area contributed by atoms with Gasteiger partial charge in [-0.2, -0.15) is 13.2 Å². The quantitative estimate of drug-likeness (QED) is 0.871. The van der Waals surface area contributed by atoms with E-state index in [1.54, 1.807) is 31.2 Å². The Kier molecular flexibility index (Phi) is 5.57. The Balaban J connectivity index is 2.65. The highest BCUT2D eigenvalue weighted by Crippen LogP contribution is 2.17. The minimum Gasteiger partial charge on any atom is -0.484 e. The Morgan fingerprint density at radius 2 is 2.00 bits per heavy atom. The van der Waals surface area contributed by atoms with E-state index in [1.807, 2.05) is 0 Å². The molecule has 0 atom stereocenters. The summed E-state index contributed by atoms with van der Waals surface area (Å²) in [6, 6.07) is 6.61. The van der Waals surface area contributed by atoms with Gasteiger partial charge in [0, 0.05) is 0 Å². The monoisotopic (exact) mass is 305 g/mol. The maximum absolute atomic E-state index is 12.3. The average Bonchev–Trinajstić information content (AvgIpc) is 2.33. The number of benzene rings is 1. The zero-order chi connectivity index (χ0) is 16.0. The number of alkyl halides is 3. The van der Waals surface area contributed by atoms with Crippen LogP contribution in [0.4, 0.5) is 13.2 Å². The summed E-state index contributed by atoms with van der Waals surface area (Å²) >= 11 is 0. The van der Waals surface area contributed by atoms with E-state index in [4.69, 9.17) is 9.84 Å². The SMILES string of the molecule is Cc1cccc(OCC(=O)N(CC(=O)O)CC(F)(F)F)c1.